The summed E-state index contributed by atoms with van der Waals surface area (Å²) in [6, 6.07) is 14.1. The molecule has 1 aromatic heterocycles. The number of hydrogen-bond donors (Lipinski definition) is 1. The number of anilines is 1. The van der Waals surface area contributed by atoms with Gasteiger partial charge in [-0.05, 0) is 87.8 Å². The second-order valence-corrected chi connectivity index (χ2v) is 9.62. The molecule has 6 heteroatoms. The predicted octanol–water partition coefficient (Wildman–Crippen LogP) is 5.33. The first-order valence-electron chi connectivity index (χ1n) is 11.6. The second kappa shape index (κ2) is 10.6. The van der Waals surface area contributed by atoms with E-state index in [9.17, 15) is 4.79 Å². The molecule has 1 aliphatic carbocycles. The number of benzene rings is 2. The maximum absolute atomic E-state index is 13.3. The van der Waals surface area contributed by atoms with Crippen LogP contribution in [0.4, 0.5) is 5.69 Å². The number of aromatic nitrogens is 1. The van der Waals surface area contributed by atoms with Crippen LogP contribution in [0.3, 0.4) is 0 Å². The lowest BCUT2D eigenvalue weighted by atomic mass is 9.75. The largest absolute Gasteiger partial charge is 0.492 e. The summed E-state index contributed by atoms with van der Waals surface area (Å²) < 4.78 is 6.16. The van der Waals surface area contributed by atoms with Gasteiger partial charge in [-0.15, -0.1) is 0 Å². The van der Waals surface area contributed by atoms with E-state index in [-0.39, 0.29) is 11.9 Å². The molecule has 4 rings (SSSR count). The lowest BCUT2D eigenvalue weighted by Gasteiger charge is -2.30. The van der Waals surface area contributed by atoms with Crippen molar-refractivity contribution in [2.75, 3.05) is 12.3 Å². The minimum absolute atomic E-state index is 0.244. The van der Waals surface area contributed by atoms with Crippen LogP contribution in [-0.4, -0.2) is 23.5 Å². The number of nitrogens with two attached hydrogens (primary N) is 1. The lowest BCUT2D eigenvalue weighted by Crippen LogP contribution is -2.32. The molecule has 1 aliphatic rings. The molecule has 34 heavy (non-hydrogen) atoms. The Morgan fingerprint density at radius 1 is 1.18 bits per heavy atom. The first-order chi connectivity index (χ1) is 16.2. The zero-order valence-corrected chi connectivity index (χ0v) is 20.3. The van der Waals surface area contributed by atoms with Crippen LogP contribution in [0.25, 0.3) is 10.9 Å². The molecule has 1 heterocycles. The van der Waals surface area contributed by atoms with Crippen LogP contribution < -0.4 is 10.5 Å². The molecular weight excluding hydrogens is 428 g/mol. The van der Waals surface area contributed by atoms with Gasteiger partial charge in [0.25, 0.3) is 0 Å². The third-order valence-electron chi connectivity index (χ3n) is 6.59. The van der Waals surface area contributed by atoms with Crippen molar-refractivity contribution in [2.45, 2.75) is 59.3 Å². The predicted molar refractivity (Wildman–Crippen MR) is 132 cm³/mol. The van der Waals surface area contributed by atoms with Gasteiger partial charge in [-0.2, -0.15) is 9.59 Å². The molecule has 2 aromatic carbocycles. The molecule has 3 aromatic rings. The van der Waals surface area contributed by atoms with Crippen molar-refractivity contribution in [1.82, 2.24) is 4.98 Å². The third-order valence-corrected chi connectivity index (χ3v) is 6.59. The molecule has 0 fully saturated rings. The minimum Gasteiger partial charge on any atom is -0.492 e. The van der Waals surface area contributed by atoms with Gasteiger partial charge >= 0.3 is 6.15 Å². The van der Waals surface area contributed by atoms with E-state index in [1.54, 1.807) is 0 Å². The number of aryl methyl sites for hydroxylation is 2. The number of nitrogen functional groups attached to an aromatic ring is 1. The van der Waals surface area contributed by atoms with Crippen molar-refractivity contribution in [3.63, 3.8) is 0 Å². The highest BCUT2D eigenvalue weighted by molar-refractivity contribution is 5.95. The van der Waals surface area contributed by atoms with Crippen LogP contribution in [0.1, 0.15) is 61.4 Å². The number of pyridine rings is 1. The fourth-order valence-corrected chi connectivity index (χ4v) is 4.72. The standard InChI is InChI=1S/C27H32N2O2.CO2/c1-17-8-5-11-21-19(9-6-10-20(17)21)15-25(30)27(3,4)16-31-24-13-7-12-23-26(24)22(28)14-18(2)29-23;2-1-3/h5,7-8,11-14,19H,6,9-10,15-16H2,1-4H3,(H2,28,29);. The summed E-state index contributed by atoms with van der Waals surface area (Å²) in [5.41, 5.74) is 12.1. The molecule has 0 saturated heterocycles. The molecule has 0 radical (unpaired) electrons. The Hall–Kier alpha value is -3.50. The number of carbonyl (C=O) groups excluding carboxylic acids is 3. The van der Waals surface area contributed by atoms with Crippen molar-refractivity contribution >= 4 is 28.5 Å². The quantitative estimate of drug-likeness (QED) is 0.533. The van der Waals surface area contributed by atoms with E-state index in [1.165, 1.54) is 16.7 Å². The summed E-state index contributed by atoms with van der Waals surface area (Å²) in [6.45, 7) is 8.37. The van der Waals surface area contributed by atoms with E-state index in [1.807, 2.05) is 45.0 Å². The van der Waals surface area contributed by atoms with Crippen molar-refractivity contribution < 1.29 is 19.1 Å². The zero-order chi connectivity index (χ0) is 24.9. The van der Waals surface area contributed by atoms with Gasteiger partial charge < -0.3 is 10.5 Å². The first-order valence-corrected chi connectivity index (χ1v) is 11.6. The molecular formula is C28H32N2O4. The fourth-order valence-electron chi connectivity index (χ4n) is 4.72. The van der Waals surface area contributed by atoms with Crippen molar-refractivity contribution in [3.05, 3.63) is 64.8 Å². The molecule has 0 spiro atoms. The summed E-state index contributed by atoms with van der Waals surface area (Å²) in [6.07, 6.45) is 4.15. The summed E-state index contributed by atoms with van der Waals surface area (Å²) in [5.74, 6) is 1.23. The van der Waals surface area contributed by atoms with Crippen molar-refractivity contribution in [2.24, 2.45) is 5.41 Å². The van der Waals surface area contributed by atoms with E-state index in [0.29, 0.717) is 30.4 Å². The van der Waals surface area contributed by atoms with E-state index >= 15 is 0 Å². The molecule has 1 unspecified atom stereocenters. The van der Waals surface area contributed by atoms with Gasteiger partial charge in [-0.25, -0.2) is 0 Å². The number of rotatable bonds is 6. The Kier molecular flexibility index (Phi) is 7.85. The van der Waals surface area contributed by atoms with Crippen LogP contribution in [0, 0.1) is 19.3 Å². The molecule has 6 nitrogen and oxygen atoms in total. The Balaban J connectivity index is 0.00000103. The molecule has 0 saturated carbocycles. The number of ether oxygens (including phenoxy) is 1. The molecule has 1 atom stereocenters. The molecule has 0 aliphatic heterocycles. The van der Waals surface area contributed by atoms with Gasteiger partial charge in [0.1, 0.15) is 18.1 Å². The fraction of sp³-hybridized carbons (Fsp3) is 0.393. The van der Waals surface area contributed by atoms with Gasteiger partial charge in [0, 0.05) is 17.8 Å². The van der Waals surface area contributed by atoms with E-state index in [0.717, 1.165) is 35.9 Å². The monoisotopic (exact) mass is 460 g/mol. The molecule has 178 valence electrons. The van der Waals surface area contributed by atoms with Gasteiger partial charge in [0.15, 0.2) is 0 Å². The maximum Gasteiger partial charge on any atom is 0.373 e. The van der Waals surface area contributed by atoms with Gasteiger partial charge in [0.05, 0.1) is 16.3 Å². The number of Topliss-reactive ketones (excluding diaryl/α,β-unsaturated/α-hetero) is 1. The molecule has 0 bridgehead atoms. The Bertz CT molecular complexity index is 1230. The average molecular weight is 461 g/mol. The first kappa shape index (κ1) is 25.1. The van der Waals surface area contributed by atoms with Crippen LogP contribution in [-0.2, 0) is 20.8 Å². The molecule has 0 amide bonds. The number of fused-ring (bicyclic) bond motifs is 2. The number of hydrogen-bond acceptors (Lipinski definition) is 6. The highest BCUT2D eigenvalue weighted by atomic mass is 16.5. The summed E-state index contributed by atoms with van der Waals surface area (Å²) in [7, 11) is 0. The smallest absolute Gasteiger partial charge is 0.373 e. The Morgan fingerprint density at radius 2 is 1.88 bits per heavy atom. The van der Waals surface area contributed by atoms with Gasteiger partial charge in [0.2, 0.25) is 0 Å². The van der Waals surface area contributed by atoms with E-state index < -0.39 is 5.41 Å². The van der Waals surface area contributed by atoms with Crippen LogP contribution in [0.2, 0.25) is 0 Å². The second-order valence-electron chi connectivity index (χ2n) is 9.62. The summed E-state index contributed by atoms with van der Waals surface area (Å²) >= 11 is 0. The van der Waals surface area contributed by atoms with Crippen LogP contribution >= 0.6 is 0 Å². The number of ketones is 1. The van der Waals surface area contributed by atoms with Crippen LogP contribution in [0.5, 0.6) is 5.75 Å². The summed E-state index contributed by atoms with van der Waals surface area (Å²) in [5, 5.41) is 0.813. The summed E-state index contributed by atoms with van der Waals surface area (Å²) in [4.78, 5) is 34.1. The number of carbonyl (C=O) groups is 1. The van der Waals surface area contributed by atoms with Crippen molar-refractivity contribution in [3.8, 4) is 5.75 Å². The zero-order valence-electron chi connectivity index (χ0n) is 20.3. The van der Waals surface area contributed by atoms with Crippen molar-refractivity contribution in [1.29, 1.82) is 0 Å². The van der Waals surface area contributed by atoms with Gasteiger partial charge in [-0.3, -0.25) is 9.78 Å². The van der Waals surface area contributed by atoms with Gasteiger partial charge in [-0.1, -0.05) is 24.3 Å². The topological polar surface area (TPSA) is 99.3 Å². The SMILES string of the molecule is Cc1cc(N)c2c(OCC(C)(C)C(=O)CC3CCCc4c(C)cccc43)cccc2n1.O=C=O. The average Bonchev–Trinajstić information content (AvgIpc) is 2.78. The third kappa shape index (κ3) is 5.52. The minimum atomic E-state index is -0.587. The van der Waals surface area contributed by atoms with E-state index in [2.05, 4.69) is 30.1 Å². The Morgan fingerprint density at radius 3 is 2.62 bits per heavy atom. The molecule has 2 N–H and O–H groups in total. The Labute approximate surface area is 200 Å². The van der Waals surface area contributed by atoms with Crippen LogP contribution in [0.15, 0.2) is 42.5 Å². The lowest BCUT2D eigenvalue weighted by molar-refractivity contribution is -0.191. The highest BCUT2D eigenvalue weighted by Crippen LogP contribution is 2.38. The highest BCUT2D eigenvalue weighted by Gasteiger charge is 2.32. The normalized spacial score (nSPS) is 15.0. The maximum atomic E-state index is 13.3. The van der Waals surface area contributed by atoms with E-state index in [4.69, 9.17) is 20.1 Å². The number of nitrogens with zero attached hydrogens (tertiary/aromatic N) is 1.